The number of aromatic amines is 2. The maximum absolute atomic E-state index is 13.7. The quantitative estimate of drug-likeness (QED) is 0.239. The van der Waals surface area contributed by atoms with Crippen molar-refractivity contribution >= 4 is 44.9 Å². The van der Waals surface area contributed by atoms with Gasteiger partial charge in [0.2, 0.25) is 5.91 Å². The second-order valence-corrected chi connectivity index (χ2v) is 10.2. The second kappa shape index (κ2) is 9.21. The van der Waals surface area contributed by atoms with Gasteiger partial charge < -0.3 is 10.3 Å². The van der Waals surface area contributed by atoms with E-state index in [9.17, 15) is 9.18 Å². The Bertz CT molecular complexity index is 1770. The zero-order valence-electron chi connectivity index (χ0n) is 20.0. The molecular formula is C27H22FN7OS. The molecule has 0 atom stereocenters. The highest BCUT2D eigenvalue weighted by molar-refractivity contribution is 7.14. The molecule has 0 spiro atoms. The first-order valence-electron chi connectivity index (χ1n) is 11.8. The summed E-state index contributed by atoms with van der Waals surface area (Å²) < 4.78 is 13.7. The average molecular weight is 512 g/mol. The lowest BCUT2D eigenvalue weighted by Crippen LogP contribution is -2.13. The summed E-state index contributed by atoms with van der Waals surface area (Å²) >= 11 is 1.09. The van der Waals surface area contributed by atoms with Crippen molar-refractivity contribution in [2.45, 2.75) is 20.3 Å². The summed E-state index contributed by atoms with van der Waals surface area (Å²) in [5, 5.41) is 11.0. The van der Waals surface area contributed by atoms with Crippen LogP contribution in [0.3, 0.4) is 0 Å². The number of para-hydroxylation sites is 1. The van der Waals surface area contributed by atoms with Crippen LogP contribution in [-0.4, -0.2) is 36.0 Å². The van der Waals surface area contributed by atoms with Crippen molar-refractivity contribution < 1.29 is 9.18 Å². The molecule has 0 aliphatic rings. The molecule has 0 aliphatic carbocycles. The molecule has 37 heavy (non-hydrogen) atoms. The minimum absolute atomic E-state index is 0.0518. The summed E-state index contributed by atoms with van der Waals surface area (Å²) in [6, 6.07) is 12.8. The predicted molar refractivity (Wildman–Crippen MR) is 144 cm³/mol. The van der Waals surface area contributed by atoms with Crippen molar-refractivity contribution in [1.82, 2.24) is 30.1 Å². The van der Waals surface area contributed by atoms with Crippen molar-refractivity contribution in [2.24, 2.45) is 5.92 Å². The van der Waals surface area contributed by atoms with Gasteiger partial charge in [-0.2, -0.15) is 9.49 Å². The number of anilines is 1. The summed E-state index contributed by atoms with van der Waals surface area (Å²) in [7, 11) is 0. The number of hydrogen-bond donors (Lipinski definition) is 3. The Morgan fingerprint density at radius 3 is 2.81 bits per heavy atom. The van der Waals surface area contributed by atoms with Crippen LogP contribution in [0.4, 0.5) is 10.1 Å². The van der Waals surface area contributed by atoms with Crippen LogP contribution in [0.1, 0.15) is 20.3 Å². The molecule has 5 aromatic heterocycles. The van der Waals surface area contributed by atoms with Crippen LogP contribution in [0.2, 0.25) is 0 Å². The van der Waals surface area contributed by atoms with E-state index in [2.05, 4.69) is 30.5 Å². The van der Waals surface area contributed by atoms with Gasteiger partial charge in [-0.15, -0.1) is 11.3 Å². The summed E-state index contributed by atoms with van der Waals surface area (Å²) in [5.41, 5.74) is 5.92. The number of aromatic nitrogens is 6. The van der Waals surface area contributed by atoms with Crippen LogP contribution < -0.4 is 5.32 Å². The number of nitrogens with one attached hydrogen (secondary N) is 3. The fourth-order valence-corrected chi connectivity index (χ4v) is 5.05. The fourth-order valence-electron chi connectivity index (χ4n) is 4.29. The monoisotopic (exact) mass is 511 g/mol. The van der Waals surface area contributed by atoms with Gasteiger partial charge in [-0.05, 0) is 36.2 Å². The molecule has 10 heteroatoms. The summed E-state index contributed by atoms with van der Waals surface area (Å²) in [6.45, 7) is 4.00. The number of H-pyrrole nitrogens is 2. The molecule has 6 rings (SSSR count). The topological polar surface area (TPSA) is 112 Å². The first-order chi connectivity index (χ1) is 17.9. The highest BCUT2D eigenvalue weighted by atomic mass is 32.1. The van der Waals surface area contributed by atoms with Crippen LogP contribution in [0.25, 0.3) is 55.2 Å². The molecule has 0 saturated carbocycles. The summed E-state index contributed by atoms with van der Waals surface area (Å²) in [6.07, 6.45) is 5.48. The normalized spacial score (nSPS) is 11.6. The molecule has 184 valence electrons. The van der Waals surface area contributed by atoms with Crippen molar-refractivity contribution in [3.8, 4) is 33.2 Å². The molecule has 0 radical (unpaired) electrons. The highest BCUT2D eigenvalue weighted by Crippen LogP contribution is 2.35. The fraction of sp³-hybridized carbons (Fsp3) is 0.148. The number of rotatable bonds is 6. The van der Waals surface area contributed by atoms with E-state index >= 15 is 0 Å². The van der Waals surface area contributed by atoms with E-state index in [0.29, 0.717) is 29.3 Å². The number of benzene rings is 1. The average Bonchev–Trinajstić information content (AvgIpc) is 3.60. The Hall–Kier alpha value is -4.44. The van der Waals surface area contributed by atoms with Gasteiger partial charge in [0.25, 0.3) is 0 Å². The first kappa shape index (κ1) is 23.0. The largest absolute Gasteiger partial charge is 0.337 e. The van der Waals surface area contributed by atoms with E-state index in [1.54, 1.807) is 24.7 Å². The predicted octanol–water partition coefficient (Wildman–Crippen LogP) is 6.42. The van der Waals surface area contributed by atoms with Crippen molar-refractivity contribution in [2.75, 3.05) is 5.32 Å². The Morgan fingerprint density at radius 1 is 1.11 bits per heavy atom. The molecule has 5 heterocycles. The molecular weight excluding hydrogens is 489 g/mol. The van der Waals surface area contributed by atoms with Gasteiger partial charge in [0.15, 0.2) is 11.0 Å². The zero-order chi connectivity index (χ0) is 25.5. The van der Waals surface area contributed by atoms with Gasteiger partial charge in [-0.3, -0.25) is 19.9 Å². The van der Waals surface area contributed by atoms with Gasteiger partial charge in [0.1, 0.15) is 5.69 Å². The van der Waals surface area contributed by atoms with Gasteiger partial charge in [-0.25, -0.2) is 4.98 Å². The third-order valence-electron chi connectivity index (χ3n) is 5.93. The van der Waals surface area contributed by atoms with Crippen molar-refractivity contribution in [3.05, 3.63) is 66.2 Å². The van der Waals surface area contributed by atoms with Crippen molar-refractivity contribution in [1.29, 1.82) is 0 Å². The molecule has 0 fully saturated rings. The molecule has 1 amide bonds. The molecule has 0 aliphatic heterocycles. The van der Waals surface area contributed by atoms with Crippen LogP contribution >= 0.6 is 11.3 Å². The summed E-state index contributed by atoms with van der Waals surface area (Å²) in [5.74, 6) is 0.806. The SMILES string of the molecule is CC(C)CC(=O)Nc1cncc(-c2cc3c(-c4nc5c(-c6ccc(F)s6)cccc5[nH]4)n[nH]c3cn2)c1. The molecule has 0 saturated heterocycles. The molecule has 3 N–H and O–H groups in total. The van der Waals surface area contributed by atoms with Crippen LogP contribution in [0, 0.1) is 11.0 Å². The smallest absolute Gasteiger partial charge is 0.224 e. The van der Waals surface area contributed by atoms with Crippen LogP contribution in [0.5, 0.6) is 0 Å². The number of hydrogen-bond acceptors (Lipinski definition) is 6. The van der Waals surface area contributed by atoms with E-state index < -0.39 is 0 Å². The Morgan fingerprint density at radius 2 is 2.00 bits per heavy atom. The maximum Gasteiger partial charge on any atom is 0.224 e. The van der Waals surface area contributed by atoms with Gasteiger partial charge >= 0.3 is 0 Å². The van der Waals surface area contributed by atoms with Gasteiger partial charge in [0.05, 0.1) is 40.3 Å². The van der Waals surface area contributed by atoms with Crippen LogP contribution in [0.15, 0.2) is 61.1 Å². The Labute approximate surface area is 215 Å². The number of thiophene rings is 1. The molecule has 1 aromatic carbocycles. The van der Waals surface area contributed by atoms with Crippen molar-refractivity contribution in [3.63, 3.8) is 0 Å². The molecule has 8 nitrogen and oxygen atoms in total. The lowest BCUT2D eigenvalue weighted by molar-refractivity contribution is -0.116. The Kier molecular flexibility index (Phi) is 5.72. The first-order valence-corrected chi connectivity index (χ1v) is 12.6. The number of fused-ring (bicyclic) bond motifs is 2. The number of carbonyl (C=O) groups excluding carboxylic acids is 1. The lowest BCUT2D eigenvalue weighted by atomic mass is 10.1. The minimum atomic E-state index is -0.237. The van der Waals surface area contributed by atoms with Crippen LogP contribution in [-0.2, 0) is 4.79 Å². The van der Waals surface area contributed by atoms with E-state index in [1.807, 2.05) is 44.2 Å². The molecule has 6 aromatic rings. The Balaban J connectivity index is 1.38. The summed E-state index contributed by atoms with van der Waals surface area (Å²) in [4.78, 5) is 30.0. The number of pyridine rings is 2. The number of carbonyl (C=O) groups is 1. The highest BCUT2D eigenvalue weighted by Gasteiger charge is 2.17. The van der Waals surface area contributed by atoms with E-state index in [-0.39, 0.29) is 17.0 Å². The maximum atomic E-state index is 13.7. The van der Waals surface area contributed by atoms with E-state index in [0.717, 1.165) is 49.3 Å². The van der Waals surface area contributed by atoms with E-state index in [1.165, 1.54) is 6.07 Å². The molecule has 0 bridgehead atoms. The zero-order valence-corrected chi connectivity index (χ0v) is 20.9. The lowest BCUT2D eigenvalue weighted by Gasteiger charge is -2.08. The number of amides is 1. The third kappa shape index (κ3) is 4.47. The molecule has 0 unspecified atom stereocenters. The van der Waals surface area contributed by atoms with Gasteiger partial charge in [-0.1, -0.05) is 26.0 Å². The minimum Gasteiger partial charge on any atom is -0.337 e. The number of halogens is 1. The van der Waals surface area contributed by atoms with Gasteiger partial charge in [0, 0.05) is 34.0 Å². The number of imidazole rings is 1. The second-order valence-electron chi connectivity index (χ2n) is 9.19. The third-order valence-corrected chi connectivity index (χ3v) is 6.84. The number of nitrogens with zero attached hydrogens (tertiary/aromatic N) is 4. The standard InChI is InChI=1S/C27H22FN7OS/c1-14(2)8-24(36)31-16-9-15(11-29-12-16)20-10-18-21(13-30-20)34-35-26(18)27-32-19-5-3-4-17(25(19)33-27)22-6-7-23(28)37-22/h3-7,9-14H,8H2,1-2H3,(H,31,36)(H,32,33)(H,34,35). The van der Waals surface area contributed by atoms with E-state index in [4.69, 9.17) is 4.98 Å².